The molecule has 0 radical (unpaired) electrons. The van der Waals surface area contributed by atoms with Crippen LogP contribution < -0.4 is 14.8 Å². The largest absolute Gasteiger partial charge is 0.496 e. The standard InChI is InChI=1S/C18H16N4O6S/c1-26-13-7-8-14(15(9-13)22(24)25)19-16(23)11-29-18-21-20-17(28-18)10-27-12-5-3-2-4-6-12/h2-9H,10-11H2,1H3,(H,19,23). The molecule has 150 valence electrons. The van der Waals surface area contributed by atoms with Gasteiger partial charge in [0.1, 0.15) is 17.2 Å². The van der Waals surface area contributed by atoms with E-state index in [2.05, 4.69) is 15.5 Å². The van der Waals surface area contributed by atoms with Crippen LogP contribution in [0.25, 0.3) is 0 Å². The number of hydrogen-bond donors (Lipinski definition) is 1. The van der Waals surface area contributed by atoms with Gasteiger partial charge in [-0.15, -0.1) is 10.2 Å². The van der Waals surface area contributed by atoms with E-state index in [1.54, 1.807) is 12.1 Å². The highest BCUT2D eigenvalue weighted by Gasteiger charge is 2.18. The second-order valence-electron chi connectivity index (χ2n) is 5.54. The van der Waals surface area contributed by atoms with Crippen LogP contribution in [0.15, 0.2) is 58.2 Å². The van der Waals surface area contributed by atoms with Gasteiger partial charge in [0, 0.05) is 0 Å². The number of aromatic nitrogens is 2. The number of ether oxygens (including phenoxy) is 2. The van der Waals surface area contributed by atoms with Gasteiger partial charge in [-0.05, 0) is 24.3 Å². The first-order valence-corrected chi connectivity index (χ1v) is 9.29. The van der Waals surface area contributed by atoms with Gasteiger partial charge >= 0.3 is 0 Å². The molecule has 0 fully saturated rings. The Morgan fingerprint density at radius 3 is 2.72 bits per heavy atom. The normalized spacial score (nSPS) is 10.4. The highest BCUT2D eigenvalue weighted by atomic mass is 32.2. The number of anilines is 1. The Morgan fingerprint density at radius 2 is 2.00 bits per heavy atom. The first-order valence-electron chi connectivity index (χ1n) is 8.30. The van der Waals surface area contributed by atoms with Crippen molar-refractivity contribution in [3.05, 3.63) is 64.5 Å². The summed E-state index contributed by atoms with van der Waals surface area (Å²) in [6.07, 6.45) is 0. The lowest BCUT2D eigenvalue weighted by Gasteiger charge is -2.06. The van der Waals surface area contributed by atoms with E-state index >= 15 is 0 Å². The number of carbonyl (C=O) groups is 1. The molecular weight excluding hydrogens is 400 g/mol. The Balaban J connectivity index is 1.52. The molecule has 3 aromatic rings. The van der Waals surface area contributed by atoms with E-state index in [1.807, 2.05) is 18.2 Å². The van der Waals surface area contributed by atoms with Crippen LogP contribution in [-0.4, -0.2) is 33.9 Å². The molecule has 0 unspecified atom stereocenters. The molecular formula is C18H16N4O6S. The molecule has 0 bridgehead atoms. The summed E-state index contributed by atoms with van der Waals surface area (Å²) in [6.45, 7) is 0.0990. The van der Waals surface area contributed by atoms with Gasteiger partial charge in [-0.2, -0.15) is 0 Å². The number of rotatable bonds is 9. The van der Waals surface area contributed by atoms with Crippen molar-refractivity contribution in [1.29, 1.82) is 0 Å². The lowest BCUT2D eigenvalue weighted by molar-refractivity contribution is -0.384. The zero-order valence-electron chi connectivity index (χ0n) is 15.2. The summed E-state index contributed by atoms with van der Waals surface area (Å²) in [6, 6.07) is 13.3. The second-order valence-corrected chi connectivity index (χ2v) is 6.47. The summed E-state index contributed by atoms with van der Waals surface area (Å²) in [7, 11) is 1.40. The summed E-state index contributed by atoms with van der Waals surface area (Å²) < 4.78 is 15.9. The molecule has 1 aromatic heterocycles. The maximum Gasteiger partial charge on any atom is 0.296 e. The molecule has 0 atom stereocenters. The van der Waals surface area contributed by atoms with Crippen LogP contribution in [0.2, 0.25) is 0 Å². The number of carbonyl (C=O) groups excluding carboxylic acids is 1. The molecule has 1 heterocycles. The fourth-order valence-electron chi connectivity index (χ4n) is 2.23. The summed E-state index contributed by atoms with van der Waals surface area (Å²) >= 11 is 1.01. The van der Waals surface area contributed by atoms with Crippen LogP contribution in [0.3, 0.4) is 0 Å². The number of nitrogens with zero attached hydrogens (tertiary/aromatic N) is 3. The Morgan fingerprint density at radius 1 is 1.21 bits per heavy atom. The number of para-hydroxylation sites is 1. The number of benzene rings is 2. The Bertz CT molecular complexity index is 995. The van der Waals surface area contributed by atoms with E-state index in [9.17, 15) is 14.9 Å². The average Bonchev–Trinajstić information content (AvgIpc) is 3.19. The van der Waals surface area contributed by atoms with E-state index in [0.717, 1.165) is 11.8 Å². The topological polar surface area (TPSA) is 130 Å². The van der Waals surface area contributed by atoms with Crippen molar-refractivity contribution in [3.8, 4) is 11.5 Å². The van der Waals surface area contributed by atoms with Crippen LogP contribution in [-0.2, 0) is 11.4 Å². The molecule has 10 nitrogen and oxygen atoms in total. The van der Waals surface area contributed by atoms with Crippen molar-refractivity contribution in [2.45, 2.75) is 11.8 Å². The summed E-state index contributed by atoms with van der Waals surface area (Å²) in [4.78, 5) is 22.7. The minimum atomic E-state index is -0.595. The number of nitro groups is 1. The quantitative estimate of drug-likeness (QED) is 0.317. The highest BCUT2D eigenvalue weighted by Crippen LogP contribution is 2.29. The van der Waals surface area contributed by atoms with Crippen molar-refractivity contribution in [1.82, 2.24) is 10.2 Å². The van der Waals surface area contributed by atoms with Crippen molar-refractivity contribution >= 4 is 29.0 Å². The maximum absolute atomic E-state index is 12.1. The van der Waals surface area contributed by atoms with E-state index in [1.165, 1.54) is 25.3 Å². The van der Waals surface area contributed by atoms with E-state index < -0.39 is 10.8 Å². The maximum atomic E-state index is 12.1. The zero-order valence-corrected chi connectivity index (χ0v) is 16.0. The van der Waals surface area contributed by atoms with E-state index in [0.29, 0.717) is 11.5 Å². The molecule has 0 aliphatic carbocycles. The Labute approximate surface area is 169 Å². The van der Waals surface area contributed by atoms with Gasteiger partial charge in [0.2, 0.25) is 5.91 Å². The first-order chi connectivity index (χ1) is 14.0. The van der Waals surface area contributed by atoms with Crippen LogP contribution in [0.5, 0.6) is 11.5 Å². The molecule has 1 amide bonds. The van der Waals surface area contributed by atoms with Gasteiger partial charge in [0.15, 0.2) is 6.61 Å². The van der Waals surface area contributed by atoms with Gasteiger partial charge in [-0.25, -0.2) is 0 Å². The predicted molar refractivity (Wildman–Crippen MR) is 104 cm³/mol. The van der Waals surface area contributed by atoms with Crippen LogP contribution >= 0.6 is 11.8 Å². The number of hydrogen-bond acceptors (Lipinski definition) is 9. The number of amides is 1. The SMILES string of the molecule is COc1ccc(NC(=O)CSc2nnc(COc3ccccc3)o2)c([N+](=O)[O-])c1. The molecule has 3 rings (SSSR count). The predicted octanol–water partition coefficient (Wildman–Crippen LogP) is 3.30. The number of nitrogens with one attached hydrogen (secondary N) is 1. The zero-order chi connectivity index (χ0) is 20.6. The molecule has 0 aliphatic rings. The van der Waals surface area contributed by atoms with Crippen molar-refractivity contribution in [3.63, 3.8) is 0 Å². The Kier molecular flexibility index (Phi) is 6.63. The van der Waals surface area contributed by atoms with E-state index in [-0.39, 0.29) is 34.8 Å². The van der Waals surface area contributed by atoms with Gasteiger partial charge in [0.25, 0.3) is 16.8 Å². The van der Waals surface area contributed by atoms with Crippen LogP contribution in [0.1, 0.15) is 5.89 Å². The molecule has 29 heavy (non-hydrogen) atoms. The lowest BCUT2D eigenvalue weighted by atomic mass is 10.2. The second kappa shape index (κ2) is 9.55. The van der Waals surface area contributed by atoms with Gasteiger partial charge in [0.05, 0.1) is 23.9 Å². The smallest absolute Gasteiger partial charge is 0.296 e. The molecule has 0 aliphatic heterocycles. The number of nitro benzene ring substituents is 1. The van der Waals surface area contributed by atoms with Crippen molar-refractivity contribution in [2.75, 3.05) is 18.2 Å². The molecule has 0 saturated carbocycles. The van der Waals surface area contributed by atoms with Gasteiger partial charge < -0.3 is 19.2 Å². The average molecular weight is 416 g/mol. The monoisotopic (exact) mass is 416 g/mol. The van der Waals surface area contributed by atoms with E-state index in [4.69, 9.17) is 13.9 Å². The minimum absolute atomic E-state index is 0.0651. The van der Waals surface area contributed by atoms with Crippen LogP contribution in [0, 0.1) is 10.1 Å². The third-order valence-electron chi connectivity index (χ3n) is 3.56. The first kappa shape index (κ1) is 20.1. The summed E-state index contributed by atoms with van der Waals surface area (Å²) in [5.74, 6) is 0.733. The molecule has 1 N–H and O–H groups in total. The Hall–Kier alpha value is -3.60. The number of methoxy groups -OCH3 is 1. The molecule has 0 spiro atoms. The van der Waals surface area contributed by atoms with Gasteiger partial charge in [-0.1, -0.05) is 30.0 Å². The molecule has 0 saturated heterocycles. The van der Waals surface area contributed by atoms with Crippen molar-refractivity contribution in [2.24, 2.45) is 0 Å². The van der Waals surface area contributed by atoms with Crippen LogP contribution in [0.4, 0.5) is 11.4 Å². The summed E-state index contributed by atoms with van der Waals surface area (Å²) in [5, 5.41) is 21.5. The fraction of sp³-hybridized carbons (Fsp3) is 0.167. The fourth-order valence-corrected chi connectivity index (χ4v) is 2.81. The third-order valence-corrected chi connectivity index (χ3v) is 4.37. The van der Waals surface area contributed by atoms with Crippen molar-refractivity contribution < 1.29 is 23.6 Å². The number of thioether (sulfide) groups is 1. The van der Waals surface area contributed by atoms with Gasteiger partial charge in [-0.3, -0.25) is 14.9 Å². The molecule has 11 heteroatoms. The third kappa shape index (κ3) is 5.69. The minimum Gasteiger partial charge on any atom is -0.496 e. The highest BCUT2D eigenvalue weighted by molar-refractivity contribution is 7.99. The lowest BCUT2D eigenvalue weighted by Crippen LogP contribution is -2.15. The molecule has 2 aromatic carbocycles. The summed E-state index contributed by atoms with van der Waals surface area (Å²) in [5.41, 5.74) is -0.190.